The predicted octanol–water partition coefficient (Wildman–Crippen LogP) is 2.46. The van der Waals surface area contributed by atoms with E-state index in [0.29, 0.717) is 23.6 Å². The maximum Gasteiger partial charge on any atom is 0.256 e. The highest BCUT2D eigenvalue weighted by atomic mass is 32.2. The zero-order valence-corrected chi connectivity index (χ0v) is 15.1. The lowest BCUT2D eigenvalue weighted by Crippen LogP contribution is -2.17. The van der Waals surface area contributed by atoms with Crippen LogP contribution in [0.2, 0.25) is 0 Å². The zero-order chi connectivity index (χ0) is 18.7. The Morgan fingerprint density at radius 2 is 2.04 bits per heavy atom. The van der Waals surface area contributed by atoms with E-state index >= 15 is 0 Å². The topological polar surface area (TPSA) is 106 Å². The number of carbonyl (C=O) groups excluding carboxylic acids is 1. The molecule has 0 aliphatic carbocycles. The lowest BCUT2D eigenvalue weighted by atomic mass is 10.2. The molecule has 0 aliphatic rings. The van der Waals surface area contributed by atoms with Crippen LogP contribution in [-0.4, -0.2) is 30.4 Å². The molecule has 2 N–H and O–H groups in total. The highest BCUT2D eigenvalue weighted by molar-refractivity contribution is 7.92. The normalized spacial score (nSPS) is 11.3. The molecular weight excluding hydrogens is 356 g/mol. The lowest BCUT2D eigenvalue weighted by molar-refractivity contribution is 0.102. The minimum absolute atomic E-state index is 0.319. The number of benzene rings is 1. The number of nitrogens with one attached hydrogen (secondary N) is 2. The van der Waals surface area contributed by atoms with E-state index in [9.17, 15) is 13.2 Å². The second kappa shape index (κ2) is 7.04. The first-order valence-electron chi connectivity index (χ1n) is 7.76. The summed E-state index contributed by atoms with van der Waals surface area (Å²) in [6.45, 7) is 2.24. The summed E-state index contributed by atoms with van der Waals surface area (Å²) >= 11 is 0. The largest absolute Gasteiger partial charge is 0.464 e. The molecule has 1 amide bonds. The van der Waals surface area contributed by atoms with Gasteiger partial charge < -0.3 is 9.73 Å². The summed E-state index contributed by atoms with van der Waals surface area (Å²) in [4.78, 5) is 12.5. The maximum absolute atomic E-state index is 12.5. The standard InChI is InChI=1S/C17H18N4O4S/c1-12-6-7-15(25-12)11-21-16(8-9-18-21)19-17(22)13-4-3-5-14(10-13)20-26(2,23)24/h3-10,20H,11H2,1-2H3,(H,19,22). The first kappa shape index (κ1) is 17.7. The highest BCUT2D eigenvalue weighted by Gasteiger charge is 2.12. The molecule has 0 aliphatic heterocycles. The van der Waals surface area contributed by atoms with E-state index < -0.39 is 10.0 Å². The second-order valence-corrected chi connectivity index (χ2v) is 7.54. The molecule has 8 nitrogen and oxygen atoms in total. The van der Waals surface area contributed by atoms with E-state index in [2.05, 4.69) is 15.1 Å². The third-order valence-electron chi connectivity index (χ3n) is 3.49. The van der Waals surface area contributed by atoms with Crippen molar-refractivity contribution in [3.63, 3.8) is 0 Å². The number of hydrogen-bond donors (Lipinski definition) is 2. The Hall–Kier alpha value is -3.07. The smallest absolute Gasteiger partial charge is 0.256 e. The van der Waals surface area contributed by atoms with Crippen molar-refractivity contribution in [2.75, 3.05) is 16.3 Å². The third kappa shape index (κ3) is 4.51. The summed E-state index contributed by atoms with van der Waals surface area (Å²) in [5, 5.41) is 6.95. The van der Waals surface area contributed by atoms with Gasteiger partial charge in [0.1, 0.15) is 23.9 Å². The molecule has 0 spiro atoms. The number of furan rings is 1. The van der Waals surface area contributed by atoms with Gasteiger partial charge in [-0.1, -0.05) is 6.07 Å². The van der Waals surface area contributed by atoms with Crippen LogP contribution < -0.4 is 10.0 Å². The van der Waals surface area contributed by atoms with Crippen molar-refractivity contribution in [1.82, 2.24) is 9.78 Å². The fourth-order valence-electron chi connectivity index (χ4n) is 2.41. The zero-order valence-electron chi connectivity index (χ0n) is 14.3. The molecule has 2 heterocycles. The number of carbonyl (C=O) groups is 1. The molecule has 3 rings (SSSR count). The average molecular weight is 374 g/mol. The Morgan fingerprint density at radius 1 is 1.23 bits per heavy atom. The van der Waals surface area contributed by atoms with E-state index in [1.807, 2.05) is 19.1 Å². The van der Waals surface area contributed by atoms with Gasteiger partial charge in [-0.2, -0.15) is 5.10 Å². The van der Waals surface area contributed by atoms with Gasteiger partial charge in [0.15, 0.2) is 0 Å². The summed E-state index contributed by atoms with van der Waals surface area (Å²) in [7, 11) is -3.42. The van der Waals surface area contributed by atoms with Gasteiger partial charge in [-0.15, -0.1) is 0 Å². The Morgan fingerprint density at radius 3 is 2.73 bits per heavy atom. The molecule has 0 saturated carbocycles. The van der Waals surface area contributed by atoms with Crippen molar-refractivity contribution in [2.24, 2.45) is 0 Å². The second-order valence-electron chi connectivity index (χ2n) is 5.80. The van der Waals surface area contributed by atoms with Crippen LogP contribution in [-0.2, 0) is 16.6 Å². The van der Waals surface area contributed by atoms with Crippen molar-refractivity contribution < 1.29 is 17.6 Å². The summed E-state index contributed by atoms with van der Waals surface area (Å²) in [5.41, 5.74) is 0.639. The van der Waals surface area contributed by atoms with E-state index in [1.54, 1.807) is 35.1 Å². The molecular formula is C17H18N4O4S. The van der Waals surface area contributed by atoms with E-state index in [-0.39, 0.29) is 5.91 Å². The summed E-state index contributed by atoms with van der Waals surface area (Å²) in [5.74, 6) is 1.65. The van der Waals surface area contributed by atoms with Gasteiger partial charge >= 0.3 is 0 Å². The predicted molar refractivity (Wildman–Crippen MR) is 97.6 cm³/mol. The fraction of sp³-hybridized carbons (Fsp3) is 0.176. The van der Waals surface area contributed by atoms with Crippen LogP contribution >= 0.6 is 0 Å². The van der Waals surface area contributed by atoms with Crippen molar-refractivity contribution in [3.05, 3.63) is 65.7 Å². The average Bonchev–Trinajstić information content (AvgIpc) is 3.15. The molecule has 0 unspecified atom stereocenters. The van der Waals surface area contributed by atoms with Gasteiger partial charge in [-0.05, 0) is 37.3 Å². The Bertz CT molecular complexity index is 1040. The van der Waals surface area contributed by atoms with Crippen molar-refractivity contribution in [2.45, 2.75) is 13.5 Å². The Kier molecular flexibility index (Phi) is 4.81. The van der Waals surface area contributed by atoms with Crippen LogP contribution in [0.3, 0.4) is 0 Å². The van der Waals surface area contributed by atoms with Gasteiger partial charge in [0.2, 0.25) is 10.0 Å². The number of aryl methyl sites for hydroxylation is 1. The van der Waals surface area contributed by atoms with Crippen molar-refractivity contribution in [3.8, 4) is 0 Å². The molecule has 3 aromatic rings. The van der Waals surface area contributed by atoms with E-state index in [4.69, 9.17) is 4.42 Å². The summed E-state index contributed by atoms with van der Waals surface area (Å²) in [6.07, 6.45) is 2.63. The number of hydrogen-bond acceptors (Lipinski definition) is 5. The SMILES string of the molecule is Cc1ccc(Cn2nccc2NC(=O)c2cccc(NS(C)(=O)=O)c2)o1. The van der Waals surface area contributed by atoms with Crippen LogP contribution in [0.1, 0.15) is 21.9 Å². The molecule has 0 bridgehead atoms. The van der Waals surface area contributed by atoms with Crippen LogP contribution in [0.15, 0.2) is 53.1 Å². The monoisotopic (exact) mass is 374 g/mol. The first-order chi connectivity index (χ1) is 12.3. The number of amides is 1. The van der Waals surface area contributed by atoms with Gasteiger partial charge in [0.05, 0.1) is 12.5 Å². The lowest BCUT2D eigenvalue weighted by Gasteiger charge is -2.09. The van der Waals surface area contributed by atoms with Crippen LogP contribution in [0.25, 0.3) is 0 Å². The minimum Gasteiger partial charge on any atom is -0.464 e. The Labute approximate surface area is 150 Å². The molecule has 26 heavy (non-hydrogen) atoms. The number of aromatic nitrogens is 2. The molecule has 0 saturated heterocycles. The summed E-state index contributed by atoms with van der Waals surface area (Å²) in [6, 6.07) is 11.6. The number of nitrogens with zero attached hydrogens (tertiary/aromatic N) is 2. The Balaban J connectivity index is 1.75. The van der Waals surface area contributed by atoms with E-state index in [0.717, 1.165) is 17.8 Å². The highest BCUT2D eigenvalue weighted by Crippen LogP contribution is 2.16. The minimum atomic E-state index is -3.42. The van der Waals surface area contributed by atoms with Gasteiger partial charge in [0, 0.05) is 17.3 Å². The van der Waals surface area contributed by atoms with E-state index in [1.165, 1.54) is 6.07 Å². The van der Waals surface area contributed by atoms with Crippen LogP contribution in [0, 0.1) is 6.92 Å². The first-order valence-corrected chi connectivity index (χ1v) is 9.66. The molecule has 1 aromatic carbocycles. The molecule has 9 heteroatoms. The number of anilines is 2. The van der Waals surface area contributed by atoms with Gasteiger partial charge in [-0.3, -0.25) is 9.52 Å². The molecule has 0 atom stereocenters. The maximum atomic E-state index is 12.5. The molecule has 0 fully saturated rings. The van der Waals surface area contributed by atoms with Crippen LogP contribution in [0.4, 0.5) is 11.5 Å². The summed E-state index contributed by atoms with van der Waals surface area (Å²) < 4.78 is 32.1. The van der Waals surface area contributed by atoms with Crippen LogP contribution in [0.5, 0.6) is 0 Å². The third-order valence-corrected chi connectivity index (χ3v) is 4.09. The fourth-order valence-corrected chi connectivity index (χ4v) is 2.96. The quantitative estimate of drug-likeness (QED) is 0.689. The molecule has 136 valence electrons. The van der Waals surface area contributed by atoms with Gasteiger partial charge in [-0.25, -0.2) is 13.1 Å². The van der Waals surface area contributed by atoms with Gasteiger partial charge in [0.25, 0.3) is 5.91 Å². The van der Waals surface area contributed by atoms with Crippen molar-refractivity contribution >= 4 is 27.4 Å². The van der Waals surface area contributed by atoms with Crippen molar-refractivity contribution in [1.29, 1.82) is 0 Å². The number of sulfonamides is 1. The molecule has 2 aromatic heterocycles. The number of rotatable bonds is 6. The molecule has 0 radical (unpaired) electrons.